The van der Waals surface area contributed by atoms with Crippen molar-refractivity contribution in [2.45, 2.75) is 13.8 Å². The molecule has 0 aliphatic heterocycles. The van der Waals surface area contributed by atoms with Crippen molar-refractivity contribution >= 4 is 17.7 Å². The molecule has 0 radical (unpaired) electrons. The fourth-order valence-corrected chi connectivity index (χ4v) is 1.46. The van der Waals surface area contributed by atoms with E-state index in [1.54, 1.807) is 13.8 Å². The molecule has 2 amide bonds. The van der Waals surface area contributed by atoms with E-state index in [2.05, 4.69) is 15.4 Å². The van der Waals surface area contributed by atoms with Crippen LogP contribution in [0, 0.1) is 18.7 Å². The minimum absolute atomic E-state index is 0.165. The van der Waals surface area contributed by atoms with Gasteiger partial charge >= 0.3 is 12.0 Å². The lowest BCUT2D eigenvalue weighted by Crippen LogP contribution is -2.35. The molecule has 0 aliphatic carbocycles. The molecule has 0 saturated heterocycles. The summed E-state index contributed by atoms with van der Waals surface area (Å²) in [4.78, 5) is 22.7. The number of halogens is 1. The SMILES string of the molecule is COC(=O)C(C)CNC(=O)Nc1ccc(F)cc1C. The summed E-state index contributed by atoms with van der Waals surface area (Å²) in [6.45, 7) is 3.50. The summed E-state index contributed by atoms with van der Waals surface area (Å²) in [7, 11) is 1.29. The quantitative estimate of drug-likeness (QED) is 0.821. The average Bonchev–Trinajstić information content (AvgIpc) is 2.38. The van der Waals surface area contributed by atoms with Gasteiger partial charge in [0.15, 0.2) is 0 Å². The first-order valence-corrected chi connectivity index (χ1v) is 5.83. The first-order valence-electron chi connectivity index (χ1n) is 5.83. The van der Waals surface area contributed by atoms with E-state index in [0.717, 1.165) is 0 Å². The van der Waals surface area contributed by atoms with Gasteiger partial charge in [0.1, 0.15) is 5.82 Å². The second-order valence-corrected chi connectivity index (χ2v) is 4.22. The summed E-state index contributed by atoms with van der Waals surface area (Å²) in [5, 5.41) is 5.12. The van der Waals surface area contributed by atoms with Gasteiger partial charge in [-0.3, -0.25) is 4.79 Å². The van der Waals surface area contributed by atoms with Crippen molar-refractivity contribution in [1.29, 1.82) is 0 Å². The number of anilines is 1. The summed E-state index contributed by atoms with van der Waals surface area (Å²) in [6, 6.07) is 3.62. The van der Waals surface area contributed by atoms with Crippen molar-refractivity contribution in [1.82, 2.24) is 5.32 Å². The van der Waals surface area contributed by atoms with Crippen molar-refractivity contribution in [2.24, 2.45) is 5.92 Å². The molecule has 0 heterocycles. The molecule has 2 N–H and O–H groups in total. The van der Waals surface area contributed by atoms with E-state index in [4.69, 9.17) is 0 Å². The van der Waals surface area contributed by atoms with Gasteiger partial charge in [-0.25, -0.2) is 9.18 Å². The molecule has 19 heavy (non-hydrogen) atoms. The van der Waals surface area contributed by atoms with Gasteiger partial charge in [0.05, 0.1) is 13.0 Å². The Morgan fingerprint density at radius 1 is 1.42 bits per heavy atom. The van der Waals surface area contributed by atoms with E-state index in [1.807, 2.05) is 0 Å². The van der Waals surface area contributed by atoms with Gasteiger partial charge in [-0.05, 0) is 30.7 Å². The van der Waals surface area contributed by atoms with Crippen LogP contribution < -0.4 is 10.6 Å². The molecule has 1 aromatic carbocycles. The molecular formula is C13H17FN2O3. The molecular weight excluding hydrogens is 251 g/mol. The number of carbonyl (C=O) groups is 2. The van der Waals surface area contributed by atoms with Crippen LogP contribution in [0.3, 0.4) is 0 Å². The fourth-order valence-electron chi connectivity index (χ4n) is 1.46. The highest BCUT2D eigenvalue weighted by molar-refractivity contribution is 5.90. The lowest BCUT2D eigenvalue weighted by molar-refractivity contribution is -0.144. The van der Waals surface area contributed by atoms with Gasteiger partial charge < -0.3 is 15.4 Å². The van der Waals surface area contributed by atoms with Crippen LogP contribution in [-0.4, -0.2) is 25.7 Å². The van der Waals surface area contributed by atoms with Gasteiger partial charge in [0.2, 0.25) is 0 Å². The van der Waals surface area contributed by atoms with Crippen LogP contribution >= 0.6 is 0 Å². The number of methoxy groups -OCH3 is 1. The van der Waals surface area contributed by atoms with Gasteiger partial charge in [0, 0.05) is 12.2 Å². The highest BCUT2D eigenvalue weighted by Crippen LogP contribution is 2.15. The van der Waals surface area contributed by atoms with Gasteiger partial charge in [-0.2, -0.15) is 0 Å². The predicted octanol–water partition coefficient (Wildman–Crippen LogP) is 2.06. The zero-order valence-corrected chi connectivity index (χ0v) is 11.1. The van der Waals surface area contributed by atoms with E-state index >= 15 is 0 Å². The normalized spacial score (nSPS) is 11.6. The number of urea groups is 1. The second kappa shape index (κ2) is 6.72. The zero-order valence-electron chi connectivity index (χ0n) is 11.1. The Labute approximate surface area is 111 Å². The van der Waals surface area contributed by atoms with Crippen LogP contribution in [0.1, 0.15) is 12.5 Å². The Bertz CT molecular complexity index is 477. The molecule has 0 aliphatic rings. The van der Waals surface area contributed by atoms with Crippen molar-refractivity contribution < 1.29 is 18.7 Å². The summed E-state index contributed by atoms with van der Waals surface area (Å²) in [5.74, 6) is -1.17. The van der Waals surface area contributed by atoms with E-state index in [1.165, 1.54) is 25.3 Å². The third-order valence-electron chi connectivity index (χ3n) is 2.61. The zero-order chi connectivity index (χ0) is 14.4. The first-order chi connectivity index (χ1) is 8.93. The fraction of sp³-hybridized carbons (Fsp3) is 0.385. The Morgan fingerprint density at radius 3 is 2.68 bits per heavy atom. The van der Waals surface area contributed by atoms with Crippen LogP contribution in [0.2, 0.25) is 0 Å². The summed E-state index contributed by atoms with van der Waals surface area (Å²) in [6.07, 6.45) is 0. The number of ether oxygens (including phenoxy) is 1. The molecule has 0 aromatic heterocycles. The molecule has 1 aromatic rings. The Hall–Kier alpha value is -2.11. The van der Waals surface area contributed by atoms with Crippen LogP contribution in [-0.2, 0) is 9.53 Å². The number of aryl methyl sites for hydroxylation is 1. The number of esters is 1. The Morgan fingerprint density at radius 2 is 2.11 bits per heavy atom. The van der Waals surface area contributed by atoms with Crippen LogP contribution in [0.25, 0.3) is 0 Å². The van der Waals surface area contributed by atoms with Crippen LogP contribution in [0.5, 0.6) is 0 Å². The Kier molecular flexibility index (Phi) is 5.29. The summed E-state index contributed by atoms with van der Waals surface area (Å²) >= 11 is 0. The number of carbonyl (C=O) groups excluding carboxylic acids is 2. The van der Waals surface area contributed by atoms with E-state index < -0.39 is 17.9 Å². The molecule has 5 nitrogen and oxygen atoms in total. The monoisotopic (exact) mass is 268 g/mol. The predicted molar refractivity (Wildman–Crippen MR) is 69.3 cm³/mol. The Balaban J connectivity index is 2.49. The minimum Gasteiger partial charge on any atom is -0.469 e. The van der Waals surface area contributed by atoms with Crippen molar-refractivity contribution in [3.8, 4) is 0 Å². The number of nitrogens with one attached hydrogen (secondary N) is 2. The maximum Gasteiger partial charge on any atom is 0.319 e. The lowest BCUT2D eigenvalue weighted by Gasteiger charge is -2.12. The largest absolute Gasteiger partial charge is 0.469 e. The van der Waals surface area contributed by atoms with Gasteiger partial charge in [0.25, 0.3) is 0 Å². The minimum atomic E-state index is -0.453. The molecule has 0 spiro atoms. The van der Waals surface area contributed by atoms with Gasteiger partial charge in [-0.15, -0.1) is 0 Å². The van der Waals surface area contributed by atoms with Crippen molar-refractivity contribution in [3.05, 3.63) is 29.6 Å². The number of rotatable bonds is 4. The number of hydrogen-bond donors (Lipinski definition) is 2. The maximum absolute atomic E-state index is 12.9. The lowest BCUT2D eigenvalue weighted by atomic mass is 10.2. The van der Waals surface area contributed by atoms with E-state index in [9.17, 15) is 14.0 Å². The standard InChI is InChI=1S/C13H17FN2O3/c1-8-6-10(14)4-5-11(8)16-13(18)15-7-9(2)12(17)19-3/h4-6,9H,7H2,1-3H3,(H2,15,16,18). The third-order valence-corrected chi connectivity index (χ3v) is 2.61. The average molecular weight is 268 g/mol. The van der Waals surface area contributed by atoms with Crippen molar-refractivity contribution in [3.63, 3.8) is 0 Å². The molecule has 1 rings (SSSR count). The third kappa shape index (κ3) is 4.57. The van der Waals surface area contributed by atoms with Crippen LogP contribution in [0.4, 0.5) is 14.9 Å². The first kappa shape index (κ1) is 14.9. The second-order valence-electron chi connectivity index (χ2n) is 4.22. The molecule has 0 fully saturated rings. The number of amides is 2. The summed E-state index contributed by atoms with van der Waals surface area (Å²) in [5.41, 5.74) is 1.14. The highest BCUT2D eigenvalue weighted by Gasteiger charge is 2.14. The number of hydrogen-bond acceptors (Lipinski definition) is 3. The van der Waals surface area contributed by atoms with Crippen molar-refractivity contribution in [2.75, 3.05) is 19.0 Å². The van der Waals surface area contributed by atoms with E-state index in [-0.39, 0.29) is 12.4 Å². The van der Waals surface area contributed by atoms with Crippen LogP contribution in [0.15, 0.2) is 18.2 Å². The van der Waals surface area contributed by atoms with Gasteiger partial charge in [-0.1, -0.05) is 6.92 Å². The molecule has 0 bridgehead atoms. The topological polar surface area (TPSA) is 67.4 Å². The maximum atomic E-state index is 12.9. The summed E-state index contributed by atoms with van der Waals surface area (Å²) < 4.78 is 17.4. The number of benzene rings is 1. The van der Waals surface area contributed by atoms with E-state index in [0.29, 0.717) is 11.3 Å². The highest BCUT2D eigenvalue weighted by atomic mass is 19.1. The molecule has 0 saturated carbocycles. The molecule has 1 unspecified atom stereocenters. The molecule has 1 atom stereocenters. The molecule has 6 heteroatoms. The molecule has 104 valence electrons. The smallest absolute Gasteiger partial charge is 0.319 e.